The molecule has 1 unspecified atom stereocenters. The molecule has 0 aliphatic carbocycles. The van der Waals surface area contributed by atoms with E-state index >= 15 is 0 Å². The van der Waals surface area contributed by atoms with Gasteiger partial charge in [0.05, 0.1) is 19.4 Å². The van der Waals surface area contributed by atoms with Crippen LogP contribution in [0.5, 0.6) is 5.75 Å². The number of nitrogens with one attached hydrogen (secondary N) is 1. The van der Waals surface area contributed by atoms with Crippen LogP contribution < -0.4 is 10.1 Å². The van der Waals surface area contributed by atoms with Gasteiger partial charge < -0.3 is 24.7 Å². The van der Waals surface area contributed by atoms with Crippen molar-refractivity contribution in [2.75, 3.05) is 26.1 Å². The maximum absolute atomic E-state index is 11.8. The summed E-state index contributed by atoms with van der Waals surface area (Å²) in [6, 6.07) is 7.24. The number of aliphatic hydroxyl groups excluding tert-OH is 1. The zero-order chi connectivity index (χ0) is 15.4. The SMILES string of the molecule is CCO/C(O)=C1/C(=O)ON(C)C1Nc1ccccc1OC. The van der Waals surface area contributed by atoms with Gasteiger partial charge in [-0.25, -0.2) is 4.79 Å². The highest BCUT2D eigenvalue weighted by Gasteiger charge is 2.40. The van der Waals surface area contributed by atoms with Crippen LogP contribution in [0, 0.1) is 0 Å². The molecule has 1 fully saturated rings. The average Bonchev–Trinajstić information content (AvgIpc) is 2.74. The van der Waals surface area contributed by atoms with E-state index in [1.165, 1.54) is 5.06 Å². The van der Waals surface area contributed by atoms with Crippen molar-refractivity contribution in [3.05, 3.63) is 35.8 Å². The van der Waals surface area contributed by atoms with Crippen molar-refractivity contribution in [1.29, 1.82) is 0 Å². The maximum Gasteiger partial charge on any atom is 0.363 e. The number of rotatable bonds is 5. The Morgan fingerprint density at radius 3 is 2.86 bits per heavy atom. The molecule has 1 aliphatic heterocycles. The van der Waals surface area contributed by atoms with Crippen LogP contribution in [0.25, 0.3) is 0 Å². The van der Waals surface area contributed by atoms with Gasteiger partial charge in [-0.1, -0.05) is 12.1 Å². The summed E-state index contributed by atoms with van der Waals surface area (Å²) in [5.41, 5.74) is 0.683. The molecule has 0 amide bonds. The Kier molecular flexibility index (Phi) is 4.54. The lowest BCUT2D eigenvalue weighted by atomic mass is 10.2. The number of nitrogens with zero attached hydrogens (tertiary/aromatic N) is 1. The van der Waals surface area contributed by atoms with Gasteiger partial charge >= 0.3 is 5.97 Å². The van der Waals surface area contributed by atoms with E-state index in [0.717, 1.165) is 0 Å². The normalized spacial score (nSPS) is 20.9. The Hall–Kier alpha value is -2.41. The molecule has 0 spiro atoms. The van der Waals surface area contributed by atoms with Crippen LogP contribution in [-0.2, 0) is 14.4 Å². The molecule has 7 heteroatoms. The molecule has 21 heavy (non-hydrogen) atoms. The second kappa shape index (κ2) is 6.36. The maximum atomic E-state index is 11.8. The Morgan fingerprint density at radius 1 is 1.48 bits per heavy atom. The lowest BCUT2D eigenvalue weighted by Gasteiger charge is -2.20. The molecule has 2 rings (SSSR count). The topological polar surface area (TPSA) is 80.3 Å². The van der Waals surface area contributed by atoms with Crippen molar-refractivity contribution >= 4 is 11.7 Å². The summed E-state index contributed by atoms with van der Waals surface area (Å²) in [4.78, 5) is 16.8. The first-order valence-electron chi connectivity index (χ1n) is 6.49. The van der Waals surface area contributed by atoms with E-state index in [-0.39, 0.29) is 12.2 Å². The first-order chi connectivity index (χ1) is 10.1. The first-order valence-corrected chi connectivity index (χ1v) is 6.49. The second-order valence-corrected chi connectivity index (χ2v) is 4.32. The summed E-state index contributed by atoms with van der Waals surface area (Å²) < 4.78 is 10.2. The molecule has 114 valence electrons. The van der Waals surface area contributed by atoms with E-state index in [1.54, 1.807) is 33.2 Å². The molecule has 7 nitrogen and oxygen atoms in total. The van der Waals surface area contributed by atoms with Gasteiger partial charge in [0.2, 0.25) is 0 Å². The molecule has 0 aromatic heterocycles. The summed E-state index contributed by atoms with van der Waals surface area (Å²) in [5, 5.41) is 14.3. The van der Waals surface area contributed by atoms with Crippen LogP contribution >= 0.6 is 0 Å². The third-order valence-electron chi connectivity index (χ3n) is 2.99. The fraction of sp³-hybridized carbons (Fsp3) is 0.357. The van der Waals surface area contributed by atoms with E-state index in [4.69, 9.17) is 14.3 Å². The highest BCUT2D eigenvalue weighted by Crippen LogP contribution is 2.29. The molecule has 1 aromatic rings. The van der Waals surface area contributed by atoms with Crippen molar-refractivity contribution in [2.24, 2.45) is 0 Å². The summed E-state index contributed by atoms with van der Waals surface area (Å²) >= 11 is 0. The van der Waals surface area contributed by atoms with Gasteiger partial charge in [-0.15, -0.1) is 5.06 Å². The van der Waals surface area contributed by atoms with Crippen LogP contribution in [0.3, 0.4) is 0 Å². The molecule has 1 heterocycles. The van der Waals surface area contributed by atoms with Crippen LogP contribution in [0.15, 0.2) is 35.8 Å². The van der Waals surface area contributed by atoms with E-state index < -0.39 is 18.1 Å². The van der Waals surface area contributed by atoms with E-state index in [0.29, 0.717) is 11.4 Å². The predicted molar refractivity (Wildman–Crippen MR) is 75.5 cm³/mol. The molecule has 2 N–H and O–H groups in total. The number of carbonyl (C=O) groups is 1. The number of hydrogen-bond acceptors (Lipinski definition) is 7. The number of ether oxygens (including phenoxy) is 2. The minimum absolute atomic E-state index is 0.0188. The zero-order valence-corrected chi connectivity index (χ0v) is 12.1. The number of benzene rings is 1. The van der Waals surface area contributed by atoms with E-state index in [1.807, 2.05) is 12.1 Å². The molecule has 1 saturated heterocycles. The van der Waals surface area contributed by atoms with Crippen molar-refractivity contribution < 1.29 is 24.2 Å². The highest BCUT2D eigenvalue weighted by atomic mass is 16.7. The summed E-state index contributed by atoms with van der Waals surface area (Å²) in [6.45, 7) is 1.96. The fourth-order valence-corrected chi connectivity index (χ4v) is 2.02. The number of anilines is 1. The molecule has 0 radical (unpaired) electrons. The third kappa shape index (κ3) is 3.03. The predicted octanol–water partition coefficient (Wildman–Crippen LogP) is 1.64. The van der Waals surface area contributed by atoms with Gasteiger partial charge in [-0.05, 0) is 19.1 Å². The van der Waals surface area contributed by atoms with Crippen LogP contribution in [0.1, 0.15) is 6.92 Å². The largest absolute Gasteiger partial charge is 0.495 e. The lowest BCUT2D eigenvalue weighted by molar-refractivity contribution is -0.167. The minimum atomic E-state index is -0.680. The van der Waals surface area contributed by atoms with Crippen molar-refractivity contribution in [2.45, 2.75) is 13.1 Å². The average molecular weight is 294 g/mol. The van der Waals surface area contributed by atoms with Gasteiger partial charge in [0.1, 0.15) is 5.75 Å². The van der Waals surface area contributed by atoms with Gasteiger partial charge in [0.25, 0.3) is 5.95 Å². The molecule has 1 aromatic carbocycles. The minimum Gasteiger partial charge on any atom is -0.495 e. The Balaban J connectivity index is 2.32. The number of para-hydroxylation sites is 2. The number of likely N-dealkylation sites (N-methyl/N-ethyl adjacent to an activating group) is 1. The summed E-state index contributed by atoms with van der Waals surface area (Å²) in [6.07, 6.45) is -0.680. The van der Waals surface area contributed by atoms with Gasteiger partial charge in [0, 0.05) is 7.05 Å². The summed E-state index contributed by atoms with van der Waals surface area (Å²) in [7, 11) is 3.13. The summed E-state index contributed by atoms with van der Waals surface area (Å²) in [5.74, 6) is -0.490. The number of methoxy groups -OCH3 is 1. The van der Waals surface area contributed by atoms with E-state index in [2.05, 4.69) is 5.32 Å². The lowest BCUT2D eigenvalue weighted by Crippen LogP contribution is -2.33. The number of hydroxylamine groups is 2. The molecule has 1 aliphatic rings. The molecule has 1 atom stereocenters. The van der Waals surface area contributed by atoms with E-state index in [9.17, 15) is 9.90 Å². The Bertz CT molecular complexity index is 558. The first kappa shape index (κ1) is 15.0. The van der Waals surface area contributed by atoms with Crippen LogP contribution in [0.4, 0.5) is 5.69 Å². The number of aliphatic hydroxyl groups is 1. The Labute approximate surface area is 122 Å². The van der Waals surface area contributed by atoms with Crippen molar-refractivity contribution in [3.8, 4) is 5.75 Å². The van der Waals surface area contributed by atoms with Crippen LogP contribution in [0.2, 0.25) is 0 Å². The number of hydrogen-bond donors (Lipinski definition) is 2. The van der Waals surface area contributed by atoms with Gasteiger partial charge in [-0.3, -0.25) is 0 Å². The third-order valence-corrected chi connectivity index (χ3v) is 2.99. The van der Waals surface area contributed by atoms with Gasteiger partial charge in [-0.2, -0.15) is 0 Å². The quantitative estimate of drug-likeness (QED) is 0.631. The number of carbonyl (C=O) groups excluding carboxylic acids is 1. The zero-order valence-electron chi connectivity index (χ0n) is 12.1. The highest BCUT2D eigenvalue weighted by molar-refractivity contribution is 5.92. The molecule has 0 bridgehead atoms. The van der Waals surface area contributed by atoms with Crippen molar-refractivity contribution in [1.82, 2.24) is 5.06 Å². The van der Waals surface area contributed by atoms with Crippen LogP contribution in [-0.4, -0.2) is 43.1 Å². The molecular formula is C14H18N2O5. The van der Waals surface area contributed by atoms with Gasteiger partial charge in [0.15, 0.2) is 11.7 Å². The smallest absolute Gasteiger partial charge is 0.363 e. The standard InChI is InChI=1S/C14H18N2O5/c1-4-20-13(17)11-12(16(2)21-14(11)18)15-9-7-5-6-8-10(9)19-3/h5-8,12,15,17H,4H2,1-3H3/b13-11+. The fourth-order valence-electron chi connectivity index (χ4n) is 2.02. The molecular weight excluding hydrogens is 276 g/mol. The monoisotopic (exact) mass is 294 g/mol. The molecule has 0 saturated carbocycles. The van der Waals surface area contributed by atoms with Crippen molar-refractivity contribution in [3.63, 3.8) is 0 Å². The Morgan fingerprint density at radius 2 is 2.19 bits per heavy atom. The second-order valence-electron chi connectivity index (χ2n) is 4.32.